The normalized spacial score (nSPS) is 14.9. The van der Waals surface area contributed by atoms with E-state index in [0.717, 1.165) is 5.56 Å². The van der Waals surface area contributed by atoms with Crippen LogP contribution in [0.1, 0.15) is 5.56 Å². The summed E-state index contributed by atoms with van der Waals surface area (Å²) in [5, 5.41) is 1.77. The Kier molecular flexibility index (Phi) is 2.99. The van der Waals surface area contributed by atoms with Gasteiger partial charge in [-0.25, -0.2) is 8.42 Å². The Labute approximate surface area is 116 Å². The highest BCUT2D eigenvalue weighted by Crippen LogP contribution is 2.36. The number of anilines is 1. The Morgan fingerprint density at radius 2 is 2.16 bits per heavy atom. The molecular formula is C13H13NO3S2. The van der Waals surface area contributed by atoms with E-state index in [2.05, 4.69) is 0 Å². The molecule has 0 amide bonds. The molecule has 2 heterocycles. The summed E-state index contributed by atoms with van der Waals surface area (Å²) in [5.74, 6) is 0.622. The Bertz CT molecular complexity index is 693. The fourth-order valence-corrected chi connectivity index (χ4v) is 4.63. The summed E-state index contributed by atoms with van der Waals surface area (Å²) < 4.78 is 32.5. The van der Waals surface area contributed by atoms with Gasteiger partial charge in [-0.2, -0.15) is 0 Å². The van der Waals surface area contributed by atoms with Crippen LogP contribution in [0.25, 0.3) is 0 Å². The van der Waals surface area contributed by atoms with Gasteiger partial charge in [-0.15, -0.1) is 11.3 Å². The maximum absolute atomic E-state index is 12.6. The van der Waals surface area contributed by atoms with E-state index >= 15 is 0 Å². The van der Waals surface area contributed by atoms with Gasteiger partial charge in [0.2, 0.25) is 0 Å². The van der Waals surface area contributed by atoms with Crippen molar-refractivity contribution in [1.29, 1.82) is 0 Å². The van der Waals surface area contributed by atoms with Crippen LogP contribution in [0.15, 0.2) is 39.9 Å². The number of thiophene rings is 1. The molecule has 6 heteroatoms. The molecule has 0 fully saturated rings. The number of fused-ring (bicyclic) bond motifs is 1. The molecule has 2 aromatic rings. The van der Waals surface area contributed by atoms with Crippen molar-refractivity contribution in [3.63, 3.8) is 0 Å². The predicted octanol–water partition coefficient (Wildman–Crippen LogP) is 2.64. The summed E-state index contributed by atoms with van der Waals surface area (Å²) in [6.07, 6.45) is 0. The minimum absolute atomic E-state index is 0.344. The predicted molar refractivity (Wildman–Crippen MR) is 75.5 cm³/mol. The largest absolute Gasteiger partial charge is 0.489 e. The first-order valence-electron chi connectivity index (χ1n) is 5.89. The maximum atomic E-state index is 12.6. The Morgan fingerprint density at radius 3 is 2.89 bits per heavy atom. The highest BCUT2D eigenvalue weighted by Gasteiger charge is 2.30. The molecule has 3 rings (SSSR count). The summed E-state index contributed by atoms with van der Waals surface area (Å²) in [4.78, 5) is 0. The van der Waals surface area contributed by atoms with Crippen LogP contribution in [0.3, 0.4) is 0 Å². The first-order chi connectivity index (χ1) is 9.09. The zero-order chi connectivity index (χ0) is 13.5. The van der Waals surface area contributed by atoms with Crippen LogP contribution in [-0.2, 0) is 10.0 Å². The number of rotatable bonds is 2. The van der Waals surface area contributed by atoms with E-state index in [4.69, 9.17) is 4.74 Å². The number of aryl methyl sites for hydroxylation is 1. The molecule has 0 spiro atoms. The first-order valence-corrected chi connectivity index (χ1v) is 8.21. The lowest BCUT2D eigenvalue weighted by Gasteiger charge is -2.30. The Hall–Kier alpha value is -1.53. The minimum atomic E-state index is -3.48. The van der Waals surface area contributed by atoms with Crippen LogP contribution in [-0.4, -0.2) is 21.6 Å². The van der Waals surface area contributed by atoms with Gasteiger partial charge in [0.1, 0.15) is 16.6 Å². The van der Waals surface area contributed by atoms with Crippen molar-refractivity contribution in [2.24, 2.45) is 0 Å². The van der Waals surface area contributed by atoms with E-state index in [1.165, 1.54) is 15.6 Å². The lowest BCUT2D eigenvalue weighted by molar-refractivity contribution is 0.316. The van der Waals surface area contributed by atoms with Crippen molar-refractivity contribution in [2.75, 3.05) is 17.5 Å². The number of benzene rings is 1. The zero-order valence-corrected chi connectivity index (χ0v) is 12.0. The van der Waals surface area contributed by atoms with E-state index < -0.39 is 10.0 Å². The third kappa shape index (κ3) is 2.11. The van der Waals surface area contributed by atoms with Gasteiger partial charge in [0.05, 0.1) is 12.2 Å². The molecule has 0 aliphatic carbocycles. The monoisotopic (exact) mass is 295 g/mol. The molecule has 1 aromatic heterocycles. The zero-order valence-electron chi connectivity index (χ0n) is 10.4. The molecule has 0 unspecified atom stereocenters. The van der Waals surface area contributed by atoms with Crippen molar-refractivity contribution in [3.8, 4) is 5.75 Å². The fourth-order valence-electron chi connectivity index (χ4n) is 2.07. The topological polar surface area (TPSA) is 46.6 Å². The summed E-state index contributed by atoms with van der Waals surface area (Å²) >= 11 is 1.23. The molecule has 0 N–H and O–H groups in total. The molecule has 4 nitrogen and oxygen atoms in total. The van der Waals surface area contributed by atoms with Gasteiger partial charge in [-0.05, 0) is 36.1 Å². The fraction of sp³-hybridized carbons (Fsp3) is 0.231. The molecule has 0 saturated carbocycles. The van der Waals surface area contributed by atoms with Gasteiger partial charge in [0, 0.05) is 0 Å². The molecule has 0 radical (unpaired) electrons. The van der Waals surface area contributed by atoms with Crippen LogP contribution >= 0.6 is 11.3 Å². The smallest absolute Gasteiger partial charge is 0.274 e. The van der Waals surface area contributed by atoms with Crippen LogP contribution in [0.2, 0.25) is 0 Å². The van der Waals surface area contributed by atoms with Gasteiger partial charge < -0.3 is 4.74 Å². The van der Waals surface area contributed by atoms with E-state index in [1.54, 1.807) is 17.5 Å². The SMILES string of the molecule is Cc1ccc2c(c1)N(S(=O)(=O)c1cccs1)CCO2. The average molecular weight is 295 g/mol. The third-order valence-corrected chi connectivity index (χ3v) is 6.16. The van der Waals surface area contributed by atoms with E-state index in [9.17, 15) is 8.42 Å². The van der Waals surface area contributed by atoms with E-state index in [1.807, 2.05) is 25.1 Å². The van der Waals surface area contributed by atoms with Gasteiger partial charge in [0.15, 0.2) is 0 Å². The quantitative estimate of drug-likeness (QED) is 0.855. The van der Waals surface area contributed by atoms with Crippen molar-refractivity contribution < 1.29 is 13.2 Å². The third-order valence-electron chi connectivity index (χ3n) is 2.97. The lowest BCUT2D eigenvalue weighted by Crippen LogP contribution is -2.37. The van der Waals surface area contributed by atoms with Crippen LogP contribution < -0.4 is 9.04 Å². The van der Waals surface area contributed by atoms with Crippen LogP contribution in [0, 0.1) is 6.92 Å². The number of nitrogens with zero attached hydrogens (tertiary/aromatic N) is 1. The standard InChI is InChI=1S/C13H13NO3S2/c1-10-4-5-12-11(9-10)14(6-7-17-12)19(15,16)13-3-2-8-18-13/h2-5,8-9H,6-7H2,1H3. The Balaban J connectivity index is 2.12. The first kappa shape index (κ1) is 12.5. The molecule has 19 heavy (non-hydrogen) atoms. The molecule has 1 aliphatic heterocycles. The molecule has 1 aliphatic rings. The van der Waals surface area contributed by atoms with Crippen molar-refractivity contribution in [3.05, 3.63) is 41.3 Å². The van der Waals surface area contributed by atoms with E-state index in [-0.39, 0.29) is 0 Å². The summed E-state index contributed by atoms with van der Waals surface area (Å²) in [5.41, 5.74) is 1.63. The van der Waals surface area contributed by atoms with Crippen molar-refractivity contribution >= 4 is 27.0 Å². The summed E-state index contributed by atoms with van der Waals surface area (Å²) in [7, 11) is -3.48. The highest BCUT2D eigenvalue weighted by atomic mass is 32.2. The second kappa shape index (κ2) is 4.54. The van der Waals surface area contributed by atoms with Gasteiger partial charge in [0.25, 0.3) is 10.0 Å². The molecule has 0 bridgehead atoms. The van der Waals surface area contributed by atoms with Crippen LogP contribution in [0.4, 0.5) is 5.69 Å². The molecule has 0 atom stereocenters. The van der Waals surface area contributed by atoms with Crippen molar-refractivity contribution in [2.45, 2.75) is 11.1 Å². The second-order valence-corrected chi connectivity index (χ2v) is 7.37. The maximum Gasteiger partial charge on any atom is 0.274 e. The van der Waals surface area contributed by atoms with Gasteiger partial charge >= 0.3 is 0 Å². The molecule has 1 aromatic carbocycles. The second-order valence-electron chi connectivity index (χ2n) is 4.33. The van der Waals surface area contributed by atoms with Crippen molar-refractivity contribution in [1.82, 2.24) is 0 Å². The molecule has 100 valence electrons. The van der Waals surface area contributed by atoms with E-state index in [0.29, 0.717) is 28.8 Å². The average Bonchev–Trinajstić information content (AvgIpc) is 2.92. The lowest BCUT2D eigenvalue weighted by atomic mass is 10.2. The summed E-state index contributed by atoms with van der Waals surface area (Å²) in [6, 6.07) is 8.96. The highest BCUT2D eigenvalue weighted by molar-refractivity contribution is 7.94. The van der Waals surface area contributed by atoms with Gasteiger partial charge in [-0.1, -0.05) is 12.1 Å². The summed E-state index contributed by atoms with van der Waals surface area (Å²) in [6.45, 7) is 2.65. The van der Waals surface area contributed by atoms with Crippen LogP contribution in [0.5, 0.6) is 5.75 Å². The number of ether oxygens (including phenoxy) is 1. The number of hydrogen-bond acceptors (Lipinski definition) is 4. The number of hydrogen-bond donors (Lipinski definition) is 0. The molecular weight excluding hydrogens is 282 g/mol. The molecule has 0 saturated heterocycles. The minimum Gasteiger partial charge on any atom is -0.489 e. The number of sulfonamides is 1. The Morgan fingerprint density at radius 1 is 1.32 bits per heavy atom. The van der Waals surface area contributed by atoms with Gasteiger partial charge in [-0.3, -0.25) is 4.31 Å².